The Hall–Kier alpha value is -0.0431. The number of hydrogen-bond acceptors (Lipinski definition) is 0. The van der Waals surface area contributed by atoms with Gasteiger partial charge in [-0.25, -0.2) is 0 Å². The van der Waals surface area contributed by atoms with Crippen LogP contribution in [0.5, 0.6) is 0 Å². The van der Waals surface area contributed by atoms with E-state index in [-0.39, 0.29) is 9.52 Å². The van der Waals surface area contributed by atoms with Gasteiger partial charge < -0.3 is 0 Å². The van der Waals surface area contributed by atoms with E-state index in [1.54, 1.807) is 12.8 Å². The molecule has 0 amide bonds. The zero-order valence-corrected chi connectivity index (χ0v) is 10.0. The second-order valence-electron chi connectivity index (χ2n) is 4.36. The summed E-state index contributed by atoms with van der Waals surface area (Å²) in [5, 5.41) is 0. The van der Waals surface area contributed by atoms with Crippen molar-refractivity contribution in [2.24, 2.45) is 0 Å². The van der Waals surface area contributed by atoms with Crippen molar-refractivity contribution >= 4 is 9.52 Å². The Labute approximate surface area is 79.3 Å². The van der Waals surface area contributed by atoms with Gasteiger partial charge in [-0.15, -0.1) is 0 Å². The van der Waals surface area contributed by atoms with Crippen LogP contribution in [0.15, 0.2) is 11.6 Å². The highest BCUT2D eigenvalue weighted by atomic mass is 28.2. The van der Waals surface area contributed by atoms with Crippen LogP contribution in [-0.4, -0.2) is 9.52 Å². The molecular weight excluding hydrogens is 160 g/mol. The van der Waals surface area contributed by atoms with Crippen molar-refractivity contribution in [1.29, 1.82) is 0 Å². The molecule has 0 atom stereocenters. The van der Waals surface area contributed by atoms with E-state index in [4.69, 9.17) is 0 Å². The maximum atomic E-state index is 2.45. The second kappa shape index (κ2) is 5.58. The van der Waals surface area contributed by atoms with Gasteiger partial charge in [0.15, 0.2) is 0 Å². The van der Waals surface area contributed by atoms with Gasteiger partial charge in [0, 0.05) is 9.52 Å². The standard InChI is InChI=1S/C11H22Si/c1-10(2)8-9-12-11-6-4-3-5-7-11/h8,11H,3-7,9,12H2,1-2H3. The van der Waals surface area contributed by atoms with Crippen molar-refractivity contribution in [3.63, 3.8) is 0 Å². The van der Waals surface area contributed by atoms with Crippen molar-refractivity contribution in [2.75, 3.05) is 0 Å². The summed E-state index contributed by atoms with van der Waals surface area (Å²) >= 11 is 0. The summed E-state index contributed by atoms with van der Waals surface area (Å²) in [7, 11) is 0.246. The first kappa shape index (κ1) is 10.0. The van der Waals surface area contributed by atoms with E-state index in [1.165, 1.54) is 36.4 Å². The Balaban J connectivity index is 2.09. The molecule has 0 aromatic rings. The molecule has 12 heavy (non-hydrogen) atoms. The van der Waals surface area contributed by atoms with Gasteiger partial charge in [-0.3, -0.25) is 0 Å². The molecule has 0 radical (unpaired) electrons. The van der Waals surface area contributed by atoms with E-state index in [9.17, 15) is 0 Å². The third-order valence-electron chi connectivity index (χ3n) is 2.85. The van der Waals surface area contributed by atoms with E-state index in [0.717, 1.165) is 0 Å². The summed E-state index contributed by atoms with van der Waals surface area (Å²) in [4.78, 5) is 0. The minimum Gasteiger partial charge on any atom is -0.0891 e. The summed E-state index contributed by atoms with van der Waals surface area (Å²) in [6.45, 7) is 4.44. The Morgan fingerprint density at radius 3 is 2.50 bits per heavy atom. The predicted molar refractivity (Wildman–Crippen MR) is 59.6 cm³/mol. The summed E-state index contributed by atoms with van der Waals surface area (Å²) in [5.74, 6) is 0. The van der Waals surface area contributed by atoms with E-state index in [2.05, 4.69) is 19.9 Å². The molecule has 1 saturated carbocycles. The van der Waals surface area contributed by atoms with Gasteiger partial charge in [-0.1, -0.05) is 49.3 Å². The smallest absolute Gasteiger partial charge is 0.0272 e. The summed E-state index contributed by atoms with van der Waals surface area (Å²) in [6, 6.07) is 1.45. The molecule has 1 rings (SSSR count). The fourth-order valence-electron chi connectivity index (χ4n) is 2.08. The molecule has 1 fully saturated rings. The lowest BCUT2D eigenvalue weighted by molar-refractivity contribution is 0.500. The number of hydrogen-bond donors (Lipinski definition) is 0. The monoisotopic (exact) mass is 182 g/mol. The van der Waals surface area contributed by atoms with E-state index >= 15 is 0 Å². The molecule has 0 N–H and O–H groups in total. The minimum absolute atomic E-state index is 0.246. The zero-order chi connectivity index (χ0) is 8.81. The van der Waals surface area contributed by atoms with Gasteiger partial charge in [0.1, 0.15) is 0 Å². The summed E-state index contributed by atoms with van der Waals surface area (Å²) in [5.41, 5.74) is 2.70. The Kier molecular flexibility index (Phi) is 4.67. The fraction of sp³-hybridized carbons (Fsp3) is 0.818. The first-order valence-corrected chi connectivity index (χ1v) is 7.24. The minimum atomic E-state index is 0.246. The molecule has 0 aromatic carbocycles. The molecule has 0 heterocycles. The molecule has 0 unspecified atom stereocenters. The number of rotatable bonds is 3. The topological polar surface area (TPSA) is 0 Å². The Morgan fingerprint density at radius 2 is 1.92 bits per heavy atom. The summed E-state index contributed by atoms with van der Waals surface area (Å²) < 4.78 is 0. The first-order valence-electron chi connectivity index (χ1n) is 5.42. The van der Waals surface area contributed by atoms with Crippen molar-refractivity contribution in [3.05, 3.63) is 11.6 Å². The molecule has 0 nitrogen and oxygen atoms in total. The molecule has 0 aliphatic heterocycles. The normalized spacial score (nSPS) is 20.2. The van der Waals surface area contributed by atoms with Crippen molar-refractivity contribution in [1.82, 2.24) is 0 Å². The van der Waals surface area contributed by atoms with Gasteiger partial charge in [0.25, 0.3) is 0 Å². The first-order chi connectivity index (χ1) is 5.79. The van der Waals surface area contributed by atoms with Crippen LogP contribution in [0.1, 0.15) is 46.0 Å². The lowest BCUT2D eigenvalue weighted by atomic mass is 10.0. The summed E-state index contributed by atoms with van der Waals surface area (Å²) in [6.07, 6.45) is 10.1. The molecule has 1 heteroatoms. The largest absolute Gasteiger partial charge is 0.0891 e. The van der Waals surface area contributed by atoms with Crippen LogP contribution in [0.2, 0.25) is 11.6 Å². The zero-order valence-electron chi connectivity index (χ0n) is 8.60. The van der Waals surface area contributed by atoms with Gasteiger partial charge in [-0.2, -0.15) is 0 Å². The average molecular weight is 182 g/mol. The Morgan fingerprint density at radius 1 is 1.25 bits per heavy atom. The van der Waals surface area contributed by atoms with Gasteiger partial charge in [0.05, 0.1) is 0 Å². The molecule has 0 aromatic heterocycles. The lowest BCUT2D eigenvalue weighted by Crippen LogP contribution is -2.07. The molecular formula is C11H22Si. The molecule has 70 valence electrons. The molecule has 0 spiro atoms. The molecule has 0 bridgehead atoms. The SMILES string of the molecule is CC(C)=CC[SiH2]C1CCCCC1. The van der Waals surface area contributed by atoms with Crippen LogP contribution < -0.4 is 0 Å². The van der Waals surface area contributed by atoms with Gasteiger partial charge in [-0.05, 0) is 19.9 Å². The van der Waals surface area contributed by atoms with Crippen LogP contribution in [0, 0.1) is 0 Å². The highest BCUT2D eigenvalue weighted by Crippen LogP contribution is 2.28. The van der Waals surface area contributed by atoms with Gasteiger partial charge in [0.2, 0.25) is 0 Å². The quantitative estimate of drug-likeness (QED) is 0.464. The molecule has 1 aliphatic carbocycles. The lowest BCUT2D eigenvalue weighted by Gasteiger charge is -2.20. The van der Waals surface area contributed by atoms with Crippen LogP contribution in [0.4, 0.5) is 0 Å². The van der Waals surface area contributed by atoms with Crippen molar-refractivity contribution < 1.29 is 0 Å². The Bertz CT molecular complexity index is 139. The van der Waals surface area contributed by atoms with E-state index in [1.807, 2.05) is 0 Å². The maximum Gasteiger partial charge on any atom is 0.0272 e. The highest BCUT2D eigenvalue weighted by Gasteiger charge is 2.12. The third kappa shape index (κ3) is 4.10. The predicted octanol–water partition coefficient (Wildman–Crippen LogP) is 3.29. The molecule has 0 saturated heterocycles. The number of allylic oxidation sites excluding steroid dienone is 2. The van der Waals surface area contributed by atoms with Crippen LogP contribution >= 0.6 is 0 Å². The maximum absolute atomic E-state index is 2.45. The average Bonchev–Trinajstić information content (AvgIpc) is 2.05. The highest BCUT2D eigenvalue weighted by molar-refractivity contribution is 6.38. The van der Waals surface area contributed by atoms with E-state index in [0.29, 0.717) is 0 Å². The van der Waals surface area contributed by atoms with Crippen molar-refractivity contribution in [2.45, 2.75) is 57.5 Å². The van der Waals surface area contributed by atoms with Gasteiger partial charge >= 0.3 is 0 Å². The second-order valence-corrected chi connectivity index (χ2v) is 6.67. The molecule has 1 aliphatic rings. The van der Waals surface area contributed by atoms with Crippen LogP contribution in [-0.2, 0) is 0 Å². The van der Waals surface area contributed by atoms with E-state index < -0.39 is 0 Å². The fourth-order valence-corrected chi connectivity index (χ4v) is 4.45. The van der Waals surface area contributed by atoms with Crippen molar-refractivity contribution in [3.8, 4) is 0 Å². The third-order valence-corrected chi connectivity index (χ3v) is 5.11. The van der Waals surface area contributed by atoms with Crippen LogP contribution in [0.3, 0.4) is 0 Å². The van der Waals surface area contributed by atoms with Crippen LogP contribution in [0.25, 0.3) is 0 Å².